The van der Waals surface area contributed by atoms with Gasteiger partial charge in [0, 0.05) is 25.2 Å². The maximum Gasteiger partial charge on any atom is 0.281 e. The summed E-state index contributed by atoms with van der Waals surface area (Å²) < 4.78 is 0. The largest absolute Gasteiger partial charge is 0.506 e. The Morgan fingerprint density at radius 1 is 1.33 bits per heavy atom. The quantitative estimate of drug-likeness (QED) is 0.229. The van der Waals surface area contributed by atoms with Crippen molar-refractivity contribution in [3.63, 3.8) is 0 Å². The number of amides is 1. The van der Waals surface area contributed by atoms with E-state index in [1.54, 1.807) is 0 Å². The van der Waals surface area contributed by atoms with Gasteiger partial charge in [-0.25, -0.2) is 0 Å². The molecule has 1 aromatic rings. The molecule has 1 amide bonds. The molecule has 112 valence electrons. The molecule has 1 N–H and O–H groups in total. The molecule has 0 aliphatic carbocycles. The van der Waals surface area contributed by atoms with Crippen LogP contribution < -0.4 is 0 Å². The summed E-state index contributed by atoms with van der Waals surface area (Å²) in [5, 5.41) is 21.3. The molecule has 0 aliphatic rings. The highest BCUT2D eigenvalue weighted by atomic mass is 35.5. The number of rotatable bonds is 4. The summed E-state index contributed by atoms with van der Waals surface area (Å²) in [5.74, 6) is -2.19. The summed E-state index contributed by atoms with van der Waals surface area (Å²) in [6.07, 6.45) is 0. The van der Waals surface area contributed by atoms with Crippen molar-refractivity contribution < 1.29 is 19.6 Å². The smallest absolute Gasteiger partial charge is 0.281 e. The second-order valence-electron chi connectivity index (χ2n) is 4.40. The van der Waals surface area contributed by atoms with E-state index in [1.165, 1.54) is 26.2 Å². The van der Waals surface area contributed by atoms with Gasteiger partial charge in [0.05, 0.1) is 10.5 Å². The lowest BCUT2D eigenvalue weighted by atomic mass is 10.0. The molecule has 0 heterocycles. The molecule has 8 heteroatoms. The van der Waals surface area contributed by atoms with Gasteiger partial charge in [0.2, 0.25) is 0 Å². The topological polar surface area (TPSA) is 101 Å². The van der Waals surface area contributed by atoms with E-state index in [9.17, 15) is 24.8 Å². The van der Waals surface area contributed by atoms with Crippen molar-refractivity contribution in [3.8, 4) is 0 Å². The van der Waals surface area contributed by atoms with E-state index in [4.69, 9.17) is 11.6 Å². The Morgan fingerprint density at radius 3 is 2.33 bits per heavy atom. The van der Waals surface area contributed by atoms with Crippen LogP contribution in [-0.2, 0) is 9.59 Å². The number of aliphatic hydroxyl groups excluding tert-OH is 1. The average Bonchev–Trinajstić information content (AvgIpc) is 2.37. The number of hydrogen-bond donors (Lipinski definition) is 1. The molecule has 1 rings (SSSR count). The molecule has 0 aromatic heterocycles. The zero-order chi connectivity index (χ0) is 16.3. The zero-order valence-electron chi connectivity index (χ0n) is 11.6. The van der Waals surface area contributed by atoms with E-state index in [0.29, 0.717) is 0 Å². The first kappa shape index (κ1) is 16.6. The van der Waals surface area contributed by atoms with Crippen molar-refractivity contribution in [1.82, 2.24) is 4.90 Å². The van der Waals surface area contributed by atoms with E-state index in [0.717, 1.165) is 17.9 Å². The summed E-state index contributed by atoms with van der Waals surface area (Å²) >= 11 is 5.68. The fraction of sp³-hybridized carbons (Fsp3) is 0.231. The maximum atomic E-state index is 11.9. The molecule has 0 saturated carbocycles. The Morgan fingerprint density at radius 2 is 1.90 bits per heavy atom. The lowest BCUT2D eigenvalue weighted by Crippen LogP contribution is -2.27. The molecular formula is C13H13ClN2O5. The normalized spacial score (nSPS) is 11.6. The van der Waals surface area contributed by atoms with Gasteiger partial charge in [-0.15, -0.1) is 0 Å². The van der Waals surface area contributed by atoms with Gasteiger partial charge in [-0.2, -0.15) is 0 Å². The third-order valence-corrected chi connectivity index (χ3v) is 2.86. The fourth-order valence-electron chi connectivity index (χ4n) is 1.63. The second kappa shape index (κ2) is 6.36. The Bertz CT molecular complexity index is 652. The van der Waals surface area contributed by atoms with Crippen LogP contribution in [-0.4, -0.2) is 40.7 Å². The van der Waals surface area contributed by atoms with Crippen LogP contribution in [0, 0.1) is 10.1 Å². The third-order valence-electron chi connectivity index (χ3n) is 2.62. The molecule has 0 spiro atoms. The molecule has 0 atom stereocenters. The van der Waals surface area contributed by atoms with Crippen molar-refractivity contribution in [3.05, 3.63) is 44.5 Å². The Kier molecular flexibility index (Phi) is 5.04. The lowest BCUT2D eigenvalue weighted by molar-refractivity contribution is -0.385. The van der Waals surface area contributed by atoms with Crippen LogP contribution >= 0.6 is 11.6 Å². The van der Waals surface area contributed by atoms with Gasteiger partial charge in [-0.3, -0.25) is 19.7 Å². The monoisotopic (exact) mass is 312 g/mol. The molecule has 0 unspecified atom stereocenters. The number of benzene rings is 1. The molecule has 1 aromatic carbocycles. The van der Waals surface area contributed by atoms with Gasteiger partial charge in [-0.05, 0) is 19.1 Å². The van der Waals surface area contributed by atoms with Crippen LogP contribution in [0.25, 0.3) is 5.76 Å². The number of hydrogen-bond acceptors (Lipinski definition) is 5. The summed E-state index contributed by atoms with van der Waals surface area (Å²) in [7, 11) is 2.80. The summed E-state index contributed by atoms with van der Waals surface area (Å²) in [6.45, 7) is 1.09. The second-order valence-corrected chi connectivity index (χ2v) is 4.83. The maximum absolute atomic E-state index is 11.9. The van der Waals surface area contributed by atoms with Crippen molar-refractivity contribution in [2.75, 3.05) is 14.1 Å². The summed E-state index contributed by atoms with van der Waals surface area (Å²) in [5.41, 5.74) is -1.26. The summed E-state index contributed by atoms with van der Waals surface area (Å²) in [4.78, 5) is 34.9. The minimum absolute atomic E-state index is 0.0987. The van der Waals surface area contributed by atoms with Crippen LogP contribution in [0.4, 0.5) is 5.69 Å². The zero-order valence-corrected chi connectivity index (χ0v) is 12.3. The van der Waals surface area contributed by atoms with E-state index in [-0.39, 0.29) is 10.6 Å². The fourth-order valence-corrected chi connectivity index (χ4v) is 1.80. The highest BCUT2D eigenvalue weighted by Gasteiger charge is 2.27. The number of carbonyl (C=O) groups is 2. The number of carbonyl (C=O) groups excluding carboxylic acids is 2. The average molecular weight is 313 g/mol. The van der Waals surface area contributed by atoms with Gasteiger partial charge < -0.3 is 10.0 Å². The van der Waals surface area contributed by atoms with Gasteiger partial charge >= 0.3 is 0 Å². The van der Waals surface area contributed by atoms with E-state index in [1.807, 2.05) is 0 Å². The number of nitro groups is 1. The minimum Gasteiger partial charge on any atom is -0.506 e. The van der Waals surface area contributed by atoms with Gasteiger partial charge in [0.15, 0.2) is 5.78 Å². The molecule has 0 bridgehead atoms. The molecule has 0 saturated heterocycles. The van der Waals surface area contributed by atoms with E-state index in [2.05, 4.69) is 0 Å². The van der Waals surface area contributed by atoms with Crippen LogP contribution in [0.5, 0.6) is 0 Å². The molecule has 7 nitrogen and oxygen atoms in total. The predicted molar refractivity (Wildman–Crippen MR) is 77.0 cm³/mol. The third kappa shape index (κ3) is 3.57. The Balaban J connectivity index is 3.62. The highest BCUT2D eigenvalue weighted by Crippen LogP contribution is 2.30. The van der Waals surface area contributed by atoms with Gasteiger partial charge in [-0.1, -0.05) is 11.6 Å². The van der Waals surface area contributed by atoms with Crippen LogP contribution in [0.2, 0.25) is 5.02 Å². The SMILES string of the molecule is CC(=O)/C(C(=O)N(C)C)=C(/O)c1ccc(Cl)cc1[N+](=O)[O-]. The van der Waals surface area contributed by atoms with Crippen LogP contribution in [0.15, 0.2) is 23.8 Å². The molecule has 0 fully saturated rings. The number of halogens is 1. The standard InChI is InChI=1S/C13H13ClN2O5/c1-7(17)11(13(19)15(2)3)12(18)9-5-4-8(14)6-10(9)16(20)21/h4-6,18H,1-3H3/b12-11-. The van der Waals surface area contributed by atoms with Crippen molar-refractivity contribution in [2.45, 2.75) is 6.92 Å². The first-order valence-electron chi connectivity index (χ1n) is 5.77. The highest BCUT2D eigenvalue weighted by molar-refractivity contribution is 6.31. The minimum atomic E-state index is -0.755. The predicted octanol–water partition coefficient (Wildman–Crippen LogP) is 2.19. The van der Waals surface area contributed by atoms with Gasteiger partial charge in [0.25, 0.3) is 11.6 Å². The van der Waals surface area contributed by atoms with Gasteiger partial charge in [0.1, 0.15) is 11.3 Å². The van der Waals surface area contributed by atoms with Crippen LogP contribution in [0.1, 0.15) is 12.5 Å². The number of nitrogens with zero attached hydrogens (tertiary/aromatic N) is 2. The summed E-state index contributed by atoms with van der Waals surface area (Å²) in [6, 6.07) is 3.53. The van der Waals surface area contributed by atoms with Crippen molar-refractivity contribution in [2.24, 2.45) is 0 Å². The molecular weight excluding hydrogens is 300 g/mol. The van der Waals surface area contributed by atoms with E-state index < -0.39 is 33.6 Å². The number of Topliss-reactive ketones (excluding diaryl/α,β-unsaturated/α-hetero) is 1. The number of ketones is 1. The number of likely N-dealkylation sites (N-methyl/N-ethyl adjacent to an activating group) is 1. The van der Waals surface area contributed by atoms with Crippen LogP contribution in [0.3, 0.4) is 0 Å². The number of nitro benzene ring substituents is 1. The molecule has 0 aliphatic heterocycles. The molecule has 0 radical (unpaired) electrons. The first-order valence-corrected chi connectivity index (χ1v) is 6.14. The number of aliphatic hydroxyl groups is 1. The molecule has 21 heavy (non-hydrogen) atoms. The Hall–Kier alpha value is -2.41. The Labute approximate surface area is 125 Å². The van der Waals surface area contributed by atoms with Crippen molar-refractivity contribution in [1.29, 1.82) is 0 Å². The van der Waals surface area contributed by atoms with E-state index >= 15 is 0 Å². The lowest BCUT2D eigenvalue weighted by Gasteiger charge is -2.13. The first-order chi connectivity index (χ1) is 9.66. The van der Waals surface area contributed by atoms with Crippen molar-refractivity contribution >= 4 is 34.7 Å².